The van der Waals surface area contributed by atoms with Gasteiger partial charge in [-0.15, -0.1) is 0 Å². The molecule has 2 nitrogen and oxygen atoms in total. The second-order valence-corrected chi connectivity index (χ2v) is 8.61. The molecule has 0 amide bonds. The molecule has 0 radical (unpaired) electrons. The summed E-state index contributed by atoms with van der Waals surface area (Å²) in [6.07, 6.45) is 12.0. The van der Waals surface area contributed by atoms with E-state index in [2.05, 4.69) is 30.9 Å². The van der Waals surface area contributed by atoms with Crippen LogP contribution in [0.4, 0.5) is 0 Å². The summed E-state index contributed by atoms with van der Waals surface area (Å²) >= 11 is 2.09. The van der Waals surface area contributed by atoms with Crippen LogP contribution in [0.1, 0.15) is 71.6 Å². The topological polar surface area (TPSA) is 21.3 Å². The quantitative estimate of drug-likeness (QED) is 0.660. The Morgan fingerprint density at radius 3 is 2.67 bits per heavy atom. The van der Waals surface area contributed by atoms with Crippen LogP contribution in [0.25, 0.3) is 0 Å². The molecule has 1 spiro atoms. The molecule has 0 aliphatic carbocycles. The predicted molar refractivity (Wildman–Crippen MR) is 94.2 cm³/mol. The lowest BCUT2D eigenvalue weighted by atomic mass is 9.85. The van der Waals surface area contributed by atoms with Crippen molar-refractivity contribution >= 4 is 11.8 Å². The molecule has 2 heterocycles. The van der Waals surface area contributed by atoms with E-state index >= 15 is 0 Å². The lowest BCUT2D eigenvalue weighted by Crippen LogP contribution is -2.49. The smallest absolute Gasteiger partial charge is 0.0713 e. The van der Waals surface area contributed by atoms with Gasteiger partial charge in [-0.3, -0.25) is 0 Å². The fourth-order valence-corrected chi connectivity index (χ4v) is 4.87. The maximum atomic E-state index is 6.17. The van der Waals surface area contributed by atoms with Crippen molar-refractivity contribution in [3.63, 3.8) is 0 Å². The van der Waals surface area contributed by atoms with Crippen LogP contribution in [-0.2, 0) is 4.74 Å². The molecule has 1 N–H and O–H groups in total. The fraction of sp³-hybridized carbons (Fsp3) is 1.00. The number of ether oxygens (including phenoxy) is 1. The van der Waals surface area contributed by atoms with Crippen LogP contribution >= 0.6 is 11.8 Å². The van der Waals surface area contributed by atoms with Gasteiger partial charge in [0, 0.05) is 12.6 Å². The van der Waals surface area contributed by atoms with Crippen LogP contribution in [-0.4, -0.2) is 36.3 Å². The number of unbranched alkanes of at least 4 members (excludes halogenated alkanes) is 3. The monoisotopic (exact) mass is 313 g/mol. The van der Waals surface area contributed by atoms with Crippen LogP contribution in [0, 0.1) is 5.92 Å². The van der Waals surface area contributed by atoms with Crippen molar-refractivity contribution in [2.75, 3.05) is 24.7 Å². The summed E-state index contributed by atoms with van der Waals surface area (Å²) in [4.78, 5) is 0. The first-order chi connectivity index (χ1) is 10.2. The Morgan fingerprint density at radius 2 is 1.90 bits per heavy atom. The normalized spacial score (nSPS) is 25.6. The van der Waals surface area contributed by atoms with Crippen LogP contribution in [0.5, 0.6) is 0 Å². The molecule has 0 saturated carbocycles. The Bertz CT molecular complexity index is 271. The van der Waals surface area contributed by atoms with Gasteiger partial charge in [0.1, 0.15) is 0 Å². The summed E-state index contributed by atoms with van der Waals surface area (Å²) in [5.41, 5.74) is 0.235. The highest BCUT2D eigenvalue weighted by atomic mass is 32.2. The molecule has 2 aliphatic rings. The van der Waals surface area contributed by atoms with E-state index in [1.807, 2.05) is 0 Å². The molecule has 124 valence electrons. The minimum absolute atomic E-state index is 0.235. The molecule has 0 aromatic rings. The van der Waals surface area contributed by atoms with Crippen LogP contribution < -0.4 is 5.32 Å². The van der Waals surface area contributed by atoms with Gasteiger partial charge < -0.3 is 10.1 Å². The number of hydrogen-bond acceptors (Lipinski definition) is 3. The number of hydrogen-bond donors (Lipinski definition) is 1. The van der Waals surface area contributed by atoms with E-state index in [1.165, 1.54) is 75.8 Å². The third kappa shape index (κ3) is 6.50. The van der Waals surface area contributed by atoms with E-state index in [0.29, 0.717) is 6.04 Å². The van der Waals surface area contributed by atoms with Gasteiger partial charge in [0.2, 0.25) is 0 Å². The maximum Gasteiger partial charge on any atom is 0.0713 e. The third-order valence-electron chi connectivity index (χ3n) is 5.04. The van der Waals surface area contributed by atoms with Gasteiger partial charge in [0.05, 0.1) is 5.60 Å². The molecule has 0 bridgehead atoms. The summed E-state index contributed by atoms with van der Waals surface area (Å²) in [5, 5.41) is 3.81. The first kappa shape index (κ1) is 17.6. The highest BCUT2D eigenvalue weighted by Crippen LogP contribution is 2.37. The zero-order valence-electron chi connectivity index (χ0n) is 14.2. The van der Waals surface area contributed by atoms with Crippen molar-refractivity contribution < 1.29 is 4.74 Å². The number of thioether (sulfide) groups is 1. The Labute approximate surface area is 136 Å². The van der Waals surface area contributed by atoms with Crippen molar-refractivity contribution in [2.45, 2.75) is 83.3 Å². The molecular weight excluding hydrogens is 278 g/mol. The van der Waals surface area contributed by atoms with Crippen molar-refractivity contribution in [2.24, 2.45) is 5.92 Å². The third-order valence-corrected chi connectivity index (χ3v) is 6.02. The van der Waals surface area contributed by atoms with Gasteiger partial charge >= 0.3 is 0 Å². The molecule has 0 aromatic carbocycles. The summed E-state index contributed by atoms with van der Waals surface area (Å²) in [6, 6.07) is 0.706. The van der Waals surface area contributed by atoms with E-state index < -0.39 is 0 Å². The van der Waals surface area contributed by atoms with E-state index in [9.17, 15) is 0 Å². The van der Waals surface area contributed by atoms with E-state index in [-0.39, 0.29) is 5.60 Å². The van der Waals surface area contributed by atoms with Crippen LogP contribution in [0.3, 0.4) is 0 Å². The molecule has 2 fully saturated rings. The maximum absolute atomic E-state index is 6.17. The van der Waals surface area contributed by atoms with E-state index in [0.717, 1.165) is 12.5 Å². The minimum atomic E-state index is 0.235. The summed E-state index contributed by atoms with van der Waals surface area (Å²) in [5.74, 6) is 3.46. The number of rotatable bonds is 8. The van der Waals surface area contributed by atoms with Crippen LogP contribution in [0.15, 0.2) is 0 Å². The Morgan fingerprint density at radius 1 is 1.14 bits per heavy atom. The van der Waals surface area contributed by atoms with Gasteiger partial charge in [-0.1, -0.05) is 39.5 Å². The first-order valence-corrected chi connectivity index (χ1v) is 10.3. The van der Waals surface area contributed by atoms with E-state index in [1.54, 1.807) is 0 Å². The second-order valence-electron chi connectivity index (χ2n) is 7.38. The summed E-state index contributed by atoms with van der Waals surface area (Å²) in [6.45, 7) is 6.83. The molecule has 21 heavy (non-hydrogen) atoms. The van der Waals surface area contributed by atoms with Gasteiger partial charge in [0.25, 0.3) is 0 Å². The lowest BCUT2D eigenvalue weighted by Gasteiger charge is -2.43. The lowest BCUT2D eigenvalue weighted by molar-refractivity contribution is -0.0930. The second kappa shape index (κ2) is 9.42. The average molecular weight is 314 g/mol. The van der Waals surface area contributed by atoms with Crippen molar-refractivity contribution in [3.05, 3.63) is 0 Å². The Kier molecular flexibility index (Phi) is 7.90. The van der Waals surface area contributed by atoms with Gasteiger partial charge in [-0.25, -0.2) is 0 Å². The van der Waals surface area contributed by atoms with Gasteiger partial charge in [-0.05, 0) is 56.1 Å². The highest BCUT2D eigenvalue weighted by molar-refractivity contribution is 7.99. The Balaban J connectivity index is 1.54. The zero-order valence-corrected chi connectivity index (χ0v) is 15.0. The van der Waals surface area contributed by atoms with E-state index in [4.69, 9.17) is 4.74 Å². The fourth-order valence-electron chi connectivity index (χ4n) is 3.63. The SMILES string of the molecule is CC(C)CCCCCCNC1CCOC2(CCSCC2)C1. The molecule has 1 atom stereocenters. The molecule has 2 aliphatic heterocycles. The standard InChI is InChI=1S/C18H35NOS/c1-16(2)7-5-3-4-6-11-19-17-8-12-20-18(15-17)9-13-21-14-10-18/h16-17,19H,3-15H2,1-2H3. The van der Waals surface area contributed by atoms with Crippen LogP contribution in [0.2, 0.25) is 0 Å². The van der Waals surface area contributed by atoms with Crippen molar-refractivity contribution in [1.82, 2.24) is 5.32 Å². The summed E-state index contributed by atoms with van der Waals surface area (Å²) in [7, 11) is 0. The van der Waals surface area contributed by atoms with Crippen molar-refractivity contribution in [1.29, 1.82) is 0 Å². The first-order valence-electron chi connectivity index (χ1n) is 9.15. The predicted octanol–water partition coefficient (Wildman–Crippen LogP) is 4.63. The zero-order chi connectivity index (χ0) is 15.0. The average Bonchev–Trinajstić information content (AvgIpc) is 2.47. The minimum Gasteiger partial charge on any atom is -0.375 e. The molecule has 2 saturated heterocycles. The summed E-state index contributed by atoms with van der Waals surface area (Å²) < 4.78 is 6.17. The number of nitrogens with one attached hydrogen (secondary N) is 1. The Hall–Kier alpha value is 0.270. The van der Waals surface area contributed by atoms with Gasteiger partial charge in [-0.2, -0.15) is 11.8 Å². The van der Waals surface area contributed by atoms with Crippen molar-refractivity contribution in [3.8, 4) is 0 Å². The highest BCUT2D eigenvalue weighted by Gasteiger charge is 2.38. The molecule has 2 rings (SSSR count). The molecule has 0 aromatic heterocycles. The largest absolute Gasteiger partial charge is 0.375 e. The van der Waals surface area contributed by atoms with Gasteiger partial charge in [0.15, 0.2) is 0 Å². The molecule has 3 heteroatoms. The molecular formula is C18H35NOS. The molecule has 1 unspecified atom stereocenters.